The minimum atomic E-state index is 0.107. The van der Waals surface area contributed by atoms with Gasteiger partial charge in [-0.3, -0.25) is 0 Å². The molecule has 0 atom stereocenters. The van der Waals surface area contributed by atoms with Crippen LogP contribution in [0.3, 0.4) is 0 Å². The first kappa shape index (κ1) is 15.6. The molecule has 0 radical (unpaired) electrons. The fraction of sp³-hybridized carbons (Fsp3) is 0.588. The summed E-state index contributed by atoms with van der Waals surface area (Å²) in [5.41, 5.74) is 1.33. The molecule has 1 saturated heterocycles. The zero-order valence-electron chi connectivity index (χ0n) is 13.1. The molecule has 4 nitrogen and oxygen atoms in total. The minimum absolute atomic E-state index is 0.107. The Hall–Kier alpha value is -1.26. The first-order valence-electron chi connectivity index (χ1n) is 8.19. The normalized spacial score (nSPS) is 25.6. The molecule has 120 valence electrons. The first-order valence-corrected chi connectivity index (χ1v) is 8.56. The van der Waals surface area contributed by atoms with Crippen LogP contribution in [0.1, 0.15) is 31.2 Å². The number of hydrogen-bond donors (Lipinski definition) is 1. The molecule has 1 N–H and O–H groups in total. The zero-order chi connectivity index (χ0) is 15.5. The largest absolute Gasteiger partial charge is 0.335 e. The van der Waals surface area contributed by atoms with Crippen LogP contribution in [0.25, 0.3) is 0 Å². The summed E-state index contributed by atoms with van der Waals surface area (Å²) in [6.45, 7) is 6.89. The first-order chi connectivity index (χ1) is 10.7. The van der Waals surface area contributed by atoms with Gasteiger partial charge >= 0.3 is 6.03 Å². The number of carbonyl (C=O) groups excluding carboxylic acids is 1. The van der Waals surface area contributed by atoms with Crippen LogP contribution in [-0.2, 0) is 0 Å². The summed E-state index contributed by atoms with van der Waals surface area (Å²) in [4.78, 5) is 16.6. The number of nitrogens with zero attached hydrogens (tertiary/aromatic N) is 2. The Kier molecular flexibility index (Phi) is 4.89. The number of benzene rings is 1. The zero-order valence-corrected chi connectivity index (χ0v) is 13.9. The van der Waals surface area contributed by atoms with Crippen molar-refractivity contribution in [3.8, 4) is 0 Å². The molecule has 1 heterocycles. The summed E-state index contributed by atoms with van der Waals surface area (Å²) < 4.78 is 0. The lowest BCUT2D eigenvalue weighted by Crippen LogP contribution is -2.55. The van der Waals surface area contributed by atoms with E-state index in [0.717, 1.165) is 50.6 Å². The van der Waals surface area contributed by atoms with E-state index in [-0.39, 0.29) is 6.03 Å². The number of piperazine rings is 1. The molecule has 2 aliphatic rings. The quantitative estimate of drug-likeness (QED) is 0.929. The second-order valence-corrected chi connectivity index (χ2v) is 6.72. The third-order valence-corrected chi connectivity index (χ3v) is 5.17. The Bertz CT molecular complexity index is 505. The summed E-state index contributed by atoms with van der Waals surface area (Å²) in [6.07, 6.45) is 2.06. The average molecular weight is 322 g/mol. The number of hydrogen-bond acceptors (Lipinski definition) is 2. The van der Waals surface area contributed by atoms with Crippen LogP contribution < -0.4 is 5.32 Å². The fourth-order valence-electron chi connectivity index (χ4n) is 3.28. The van der Waals surface area contributed by atoms with Crippen LogP contribution in [0.2, 0.25) is 5.02 Å². The maximum atomic E-state index is 12.3. The van der Waals surface area contributed by atoms with Gasteiger partial charge in [0, 0.05) is 37.2 Å². The maximum absolute atomic E-state index is 12.3. The lowest BCUT2D eigenvalue weighted by molar-refractivity contribution is 0.135. The van der Waals surface area contributed by atoms with Crippen molar-refractivity contribution >= 4 is 17.6 Å². The van der Waals surface area contributed by atoms with Gasteiger partial charge in [-0.1, -0.05) is 30.7 Å². The molecule has 1 saturated carbocycles. The van der Waals surface area contributed by atoms with Crippen LogP contribution in [-0.4, -0.2) is 54.6 Å². The molecule has 0 unspecified atom stereocenters. The molecule has 22 heavy (non-hydrogen) atoms. The molecule has 1 aromatic carbocycles. The topological polar surface area (TPSA) is 35.6 Å². The molecular formula is C17H24ClN3O. The van der Waals surface area contributed by atoms with Crippen molar-refractivity contribution in [2.75, 3.05) is 32.7 Å². The summed E-state index contributed by atoms with van der Waals surface area (Å²) in [5, 5.41) is 3.95. The highest BCUT2D eigenvalue weighted by atomic mass is 35.5. The highest BCUT2D eigenvalue weighted by molar-refractivity contribution is 6.30. The van der Waals surface area contributed by atoms with Gasteiger partial charge in [0.15, 0.2) is 0 Å². The molecule has 3 rings (SSSR count). The predicted molar refractivity (Wildman–Crippen MR) is 89.4 cm³/mol. The van der Waals surface area contributed by atoms with Crippen molar-refractivity contribution in [3.63, 3.8) is 0 Å². The smallest absolute Gasteiger partial charge is 0.317 e. The van der Waals surface area contributed by atoms with E-state index in [9.17, 15) is 4.79 Å². The Balaban J connectivity index is 1.42. The van der Waals surface area contributed by atoms with Crippen molar-refractivity contribution in [1.29, 1.82) is 0 Å². The van der Waals surface area contributed by atoms with E-state index in [2.05, 4.69) is 29.3 Å². The third kappa shape index (κ3) is 3.55. The molecule has 0 aromatic heterocycles. The number of urea groups is 1. The van der Waals surface area contributed by atoms with E-state index in [4.69, 9.17) is 11.6 Å². The van der Waals surface area contributed by atoms with Gasteiger partial charge < -0.3 is 15.1 Å². The van der Waals surface area contributed by atoms with Gasteiger partial charge in [-0.2, -0.15) is 0 Å². The molecule has 1 aromatic rings. The standard InChI is InChI=1S/C17H24ClN3O/c1-2-20-7-9-21(10-8-20)17(22)19-16-11-14(12-16)13-3-5-15(18)6-4-13/h3-6,14,16H,2,7-12H2,1H3,(H,19,22). The summed E-state index contributed by atoms with van der Waals surface area (Å²) in [5.74, 6) is 0.555. The van der Waals surface area contributed by atoms with Crippen LogP contribution in [0.4, 0.5) is 4.79 Å². The average Bonchev–Trinajstić information content (AvgIpc) is 2.51. The van der Waals surface area contributed by atoms with E-state index < -0.39 is 0 Å². The third-order valence-electron chi connectivity index (χ3n) is 4.91. The molecule has 0 bridgehead atoms. The van der Waals surface area contributed by atoms with E-state index in [1.54, 1.807) is 0 Å². The monoisotopic (exact) mass is 321 g/mol. The van der Waals surface area contributed by atoms with Crippen molar-refractivity contribution in [2.45, 2.75) is 31.7 Å². The van der Waals surface area contributed by atoms with Gasteiger partial charge in [0.2, 0.25) is 0 Å². The summed E-state index contributed by atoms with van der Waals surface area (Å²) in [6, 6.07) is 8.49. The van der Waals surface area contributed by atoms with Gasteiger partial charge in [0.25, 0.3) is 0 Å². The Morgan fingerprint density at radius 3 is 2.41 bits per heavy atom. The van der Waals surface area contributed by atoms with Crippen LogP contribution in [0.5, 0.6) is 0 Å². The van der Waals surface area contributed by atoms with Gasteiger partial charge in [-0.15, -0.1) is 0 Å². The maximum Gasteiger partial charge on any atom is 0.317 e. The molecule has 2 amide bonds. The molecule has 1 aliphatic heterocycles. The number of halogens is 1. The second-order valence-electron chi connectivity index (χ2n) is 6.29. The molecular weight excluding hydrogens is 298 g/mol. The van der Waals surface area contributed by atoms with E-state index in [1.165, 1.54) is 5.56 Å². The highest BCUT2D eigenvalue weighted by Gasteiger charge is 2.32. The Morgan fingerprint density at radius 1 is 1.18 bits per heavy atom. The van der Waals surface area contributed by atoms with Crippen molar-refractivity contribution in [1.82, 2.24) is 15.1 Å². The summed E-state index contributed by atoms with van der Waals surface area (Å²) in [7, 11) is 0. The highest BCUT2D eigenvalue weighted by Crippen LogP contribution is 2.37. The number of nitrogens with one attached hydrogen (secondary N) is 1. The van der Waals surface area contributed by atoms with Crippen LogP contribution >= 0.6 is 11.6 Å². The van der Waals surface area contributed by atoms with E-state index in [0.29, 0.717) is 12.0 Å². The molecule has 0 spiro atoms. The van der Waals surface area contributed by atoms with Crippen molar-refractivity contribution < 1.29 is 4.79 Å². The van der Waals surface area contributed by atoms with Crippen molar-refractivity contribution in [3.05, 3.63) is 34.9 Å². The summed E-state index contributed by atoms with van der Waals surface area (Å²) >= 11 is 5.92. The lowest BCUT2D eigenvalue weighted by Gasteiger charge is -2.39. The number of carbonyl (C=O) groups is 1. The van der Waals surface area contributed by atoms with E-state index >= 15 is 0 Å². The van der Waals surface area contributed by atoms with Crippen LogP contribution in [0.15, 0.2) is 24.3 Å². The van der Waals surface area contributed by atoms with E-state index in [1.807, 2.05) is 17.0 Å². The Labute approximate surface area is 137 Å². The number of rotatable bonds is 3. The minimum Gasteiger partial charge on any atom is -0.335 e. The van der Waals surface area contributed by atoms with Gasteiger partial charge in [-0.05, 0) is 43.0 Å². The molecule has 1 aliphatic carbocycles. The second kappa shape index (κ2) is 6.88. The molecule has 2 fully saturated rings. The predicted octanol–water partition coefficient (Wildman–Crippen LogP) is 2.93. The fourth-order valence-corrected chi connectivity index (χ4v) is 3.40. The number of amides is 2. The molecule has 5 heteroatoms. The van der Waals surface area contributed by atoms with Gasteiger partial charge in [-0.25, -0.2) is 4.79 Å². The van der Waals surface area contributed by atoms with Crippen molar-refractivity contribution in [2.24, 2.45) is 0 Å². The lowest BCUT2D eigenvalue weighted by atomic mass is 9.76. The van der Waals surface area contributed by atoms with Gasteiger partial charge in [0.1, 0.15) is 0 Å². The van der Waals surface area contributed by atoms with Crippen LogP contribution in [0, 0.1) is 0 Å². The number of likely N-dealkylation sites (N-methyl/N-ethyl adjacent to an activating group) is 1. The SMILES string of the molecule is CCN1CCN(C(=O)NC2CC(c3ccc(Cl)cc3)C2)CC1. The van der Waals surface area contributed by atoms with Gasteiger partial charge in [0.05, 0.1) is 0 Å². The Morgan fingerprint density at radius 2 is 1.82 bits per heavy atom.